The van der Waals surface area contributed by atoms with Gasteiger partial charge in [-0.05, 0) is 84.8 Å². The van der Waals surface area contributed by atoms with Crippen molar-refractivity contribution in [1.82, 2.24) is 30.6 Å². The van der Waals surface area contributed by atoms with E-state index in [2.05, 4.69) is 103 Å². The van der Waals surface area contributed by atoms with Gasteiger partial charge < -0.3 is 40.1 Å². The molecule has 3 N–H and O–H groups in total. The van der Waals surface area contributed by atoms with Crippen molar-refractivity contribution >= 4 is 46.8 Å². The van der Waals surface area contributed by atoms with Crippen LogP contribution in [-0.2, 0) is 9.53 Å². The number of anilines is 5. The zero-order valence-corrected chi connectivity index (χ0v) is 40.1. The molecule has 3 amide bonds. The Labute approximate surface area is 380 Å². The first-order valence-corrected chi connectivity index (χ1v) is 23.4. The lowest BCUT2D eigenvalue weighted by Crippen LogP contribution is -2.63. The molecule has 2 aliphatic carbocycles. The van der Waals surface area contributed by atoms with Gasteiger partial charge in [0.1, 0.15) is 17.5 Å². The van der Waals surface area contributed by atoms with Gasteiger partial charge in [-0.2, -0.15) is 4.98 Å². The number of nitrogens with one attached hydrogen (secondary N) is 3. The van der Waals surface area contributed by atoms with E-state index >= 15 is 0 Å². The van der Waals surface area contributed by atoms with Gasteiger partial charge >= 0.3 is 0 Å². The first-order chi connectivity index (χ1) is 30.2. The summed E-state index contributed by atoms with van der Waals surface area (Å²) < 4.78 is 12.3. The standard InChI is InChI=1S/C49H72N10O5/c1-12-36-42(62)57(10)37-26-50-44(55-39(37)59(36)33-15-13-14-16-33)54-35-18-17-31(23-38(35)63-11)40(60)53-29-46(2,3)27-47(4,5)30-64-34-19-21-58(22-20-34)45-51-24-32(25-52-45)41(61)56-43-48(6,7)28-49(43,8)9/h17-18,23-26,33-34,36,43H,12-16,19-22,27-30H2,1-11H3,(H,53,60)(H,56,61)(H,50,54,55). The maximum Gasteiger partial charge on any atom is 0.254 e. The average molecular weight is 881 g/mol. The van der Waals surface area contributed by atoms with Gasteiger partial charge in [0.05, 0.1) is 37.3 Å². The molecule has 4 heterocycles. The van der Waals surface area contributed by atoms with Gasteiger partial charge in [-0.15, -0.1) is 0 Å². The number of nitrogens with zero attached hydrogens (tertiary/aromatic N) is 7. The molecule has 1 aromatic carbocycles. The maximum absolute atomic E-state index is 13.5. The second-order valence-electron chi connectivity index (χ2n) is 21.6. The highest BCUT2D eigenvalue weighted by molar-refractivity contribution is 6.04. The molecule has 0 radical (unpaired) electrons. The molecule has 3 aromatic rings. The molecule has 1 unspecified atom stereocenters. The largest absolute Gasteiger partial charge is 0.495 e. The SMILES string of the molecule is CCC1C(=O)N(C)c2cnc(Nc3ccc(C(=O)NCC(C)(C)CC(C)(C)COC4CCN(c5ncc(C(=O)NC6C(C)(C)CC6(C)C)cn5)CC4)cc3OC)nc2N1C1CCCC1. The number of hydrogen-bond donors (Lipinski definition) is 3. The summed E-state index contributed by atoms with van der Waals surface area (Å²) in [6, 6.07) is 5.43. The first-order valence-electron chi connectivity index (χ1n) is 23.4. The Morgan fingerprint density at radius 1 is 0.891 bits per heavy atom. The fourth-order valence-corrected chi connectivity index (χ4v) is 11.4. The Kier molecular flexibility index (Phi) is 13.5. The number of carbonyl (C=O) groups is 3. The summed E-state index contributed by atoms with van der Waals surface area (Å²) in [6.07, 6.45) is 13.8. The van der Waals surface area contributed by atoms with Crippen LogP contribution in [-0.4, -0.2) is 102 Å². The van der Waals surface area contributed by atoms with Gasteiger partial charge in [0, 0.05) is 56.7 Å². The van der Waals surface area contributed by atoms with E-state index in [0.29, 0.717) is 59.7 Å². The number of amides is 3. The molecule has 4 aliphatic rings. The van der Waals surface area contributed by atoms with Crippen LogP contribution in [0.1, 0.15) is 141 Å². The number of rotatable bonds is 16. The van der Waals surface area contributed by atoms with Crippen LogP contribution in [0.3, 0.4) is 0 Å². The van der Waals surface area contributed by atoms with Crippen LogP contribution in [0.25, 0.3) is 0 Å². The van der Waals surface area contributed by atoms with Crippen LogP contribution < -0.4 is 35.4 Å². The highest BCUT2D eigenvalue weighted by Gasteiger charge is 2.53. The molecule has 64 heavy (non-hydrogen) atoms. The van der Waals surface area contributed by atoms with E-state index in [1.165, 1.54) is 0 Å². The van der Waals surface area contributed by atoms with E-state index in [1.54, 1.807) is 49.8 Å². The van der Waals surface area contributed by atoms with E-state index in [4.69, 9.17) is 14.5 Å². The molecule has 2 aliphatic heterocycles. The van der Waals surface area contributed by atoms with Gasteiger partial charge in [-0.1, -0.05) is 75.2 Å². The molecule has 3 fully saturated rings. The van der Waals surface area contributed by atoms with E-state index < -0.39 is 0 Å². The molecule has 1 atom stereocenters. The van der Waals surface area contributed by atoms with E-state index in [0.717, 1.165) is 70.3 Å². The number of ether oxygens (including phenoxy) is 2. The quantitative estimate of drug-likeness (QED) is 0.127. The highest BCUT2D eigenvalue weighted by Crippen LogP contribution is 2.53. The summed E-state index contributed by atoms with van der Waals surface area (Å²) in [5, 5.41) is 9.70. The van der Waals surface area contributed by atoms with Crippen LogP contribution in [0.4, 0.5) is 29.1 Å². The van der Waals surface area contributed by atoms with Crippen LogP contribution in [0.2, 0.25) is 0 Å². The molecule has 0 bridgehead atoms. The van der Waals surface area contributed by atoms with Crippen molar-refractivity contribution in [3.05, 3.63) is 47.9 Å². The lowest BCUT2D eigenvalue weighted by molar-refractivity contribution is -0.120. The van der Waals surface area contributed by atoms with Crippen molar-refractivity contribution in [1.29, 1.82) is 0 Å². The summed E-state index contributed by atoms with van der Waals surface area (Å²) in [6.45, 7) is 22.3. The number of hydrogen-bond acceptors (Lipinski definition) is 12. The minimum absolute atomic E-state index is 0.0712. The number of fused-ring (bicyclic) bond motifs is 1. The fraction of sp³-hybridized carbons (Fsp3) is 0.653. The van der Waals surface area contributed by atoms with Crippen molar-refractivity contribution in [2.45, 2.75) is 144 Å². The molecule has 1 saturated heterocycles. The van der Waals surface area contributed by atoms with Crippen LogP contribution >= 0.6 is 0 Å². The second-order valence-corrected chi connectivity index (χ2v) is 21.6. The monoisotopic (exact) mass is 881 g/mol. The third kappa shape index (κ3) is 10.2. The van der Waals surface area contributed by atoms with Crippen molar-refractivity contribution in [2.75, 3.05) is 60.4 Å². The number of benzene rings is 1. The smallest absolute Gasteiger partial charge is 0.254 e. The molecule has 2 aromatic heterocycles. The number of aromatic nitrogens is 4. The molecule has 15 nitrogen and oxygen atoms in total. The van der Waals surface area contributed by atoms with Crippen molar-refractivity contribution in [3.8, 4) is 5.75 Å². The van der Waals surface area contributed by atoms with Crippen LogP contribution in [0, 0.1) is 21.7 Å². The number of methoxy groups -OCH3 is 1. The van der Waals surface area contributed by atoms with Gasteiger partial charge in [-0.3, -0.25) is 14.4 Å². The number of likely N-dealkylation sites (N-methyl/N-ethyl adjacent to an activating group) is 1. The van der Waals surface area contributed by atoms with Gasteiger partial charge in [0.2, 0.25) is 17.8 Å². The summed E-state index contributed by atoms with van der Waals surface area (Å²) in [5.41, 5.74) is 2.12. The maximum atomic E-state index is 13.5. The fourth-order valence-electron chi connectivity index (χ4n) is 11.4. The van der Waals surface area contributed by atoms with E-state index in [1.807, 2.05) is 6.07 Å². The Balaban J connectivity index is 0.876. The number of piperidine rings is 1. The third-order valence-corrected chi connectivity index (χ3v) is 13.9. The van der Waals surface area contributed by atoms with Crippen LogP contribution in [0.5, 0.6) is 5.75 Å². The van der Waals surface area contributed by atoms with Crippen LogP contribution in [0.15, 0.2) is 36.8 Å². The molecular weight excluding hydrogens is 809 g/mol. The molecule has 7 rings (SSSR count). The summed E-state index contributed by atoms with van der Waals surface area (Å²) >= 11 is 0. The topological polar surface area (TPSA) is 167 Å². The average Bonchev–Trinajstić information content (AvgIpc) is 3.79. The molecule has 2 saturated carbocycles. The predicted molar refractivity (Wildman–Crippen MR) is 252 cm³/mol. The van der Waals surface area contributed by atoms with Crippen molar-refractivity contribution in [3.63, 3.8) is 0 Å². The Morgan fingerprint density at radius 3 is 2.19 bits per heavy atom. The summed E-state index contributed by atoms with van der Waals surface area (Å²) in [5.74, 6) is 2.05. The van der Waals surface area contributed by atoms with Crippen molar-refractivity contribution < 1.29 is 23.9 Å². The molecular formula is C49H72N10O5. The van der Waals surface area contributed by atoms with Gasteiger partial charge in [0.25, 0.3) is 11.8 Å². The zero-order chi connectivity index (χ0) is 46.2. The Hall–Kier alpha value is -5.05. The second kappa shape index (κ2) is 18.4. The minimum atomic E-state index is -0.261. The lowest BCUT2D eigenvalue weighted by atomic mass is 9.52. The van der Waals surface area contributed by atoms with E-state index in [9.17, 15) is 14.4 Å². The molecule has 15 heteroatoms. The minimum Gasteiger partial charge on any atom is -0.495 e. The lowest BCUT2D eigenvalue weighted by Gasteiger charge is -2.57. The third-order valence-electron chi connectivity index (χ3n) is 13.9. The predicted octanol–water partition coefficient (Wildman–Crippen LogP) is 7.94. The van der Waals surface area contributed by atoms with Crippen molar-refractivity contribution in [2.24, 2.45) is 21.7 Å². The Morgan fingerprint density at radius 2 is 1.56 bits per heavy atom. The normalized spacial score (nSPS) is 20.5. The Bertz CT molecular complexity index is 2150. The van der Waals surface area contributed by atoms with Gasteiger partial charge in [0.15, 0.2) is 5.82 Å². The zero-order valence-electron chi connectivity index (χ0n) is 40.1. The van der Waals surface area contributed by atoms with Gasteiger partial charge in [-0.25, -0.2) is 15.0 Å². The summed E-state index contributed by atoms with van der Waals surface area (Å²) in [7, 11) is 3.37. The summed E-state index contributed by atoms with van der Waals surface area (Å²) in [4.78, 5) is 64.6. The number of carbonyl (C=O) groups excluding carboxylic acids is 3. The van der Waals surface area contributed by atoms with E-state index in [-0.39, 0.29) is 63.6 Å². The molecule has 0 spiro atoms. The molecule has 348 valence electrons. The highest BCUT2D eigenvalue weighted by atomic mass is 16.5. The first kappa shape index (κ1) is 46.9.